The normalized spacial score (nSPS) is 11.0. The number of rotatable bonds is 3. The molecule has 102 valence electrons. The van der Waals surface area contributed by atoms with Gasteiger partial charge in [-0.2, -0.15) is 0 Å². The molecule has 6 heteroatoms. The third kappa shape index (κ3) is 2.06. The lowest BCUT2D eigenvalue weighted by Gasteiger charge is -2.06. The molecule has 0 radical (unpaired) electrons. The summed E-state index contributed by atoms with van der Waals surface area (Å²) >= 11 is 0. The Morgan fingerprint density at radius 1 is 0.810 bits per heavy atom. The van der Waals surface area contributed by atoms with Crippen molar-refractivity contribution >= 4 is 11.0 Å². The van der Waals surface area contributed by atoms with Gasteiger partial charge in [0.15, 0.2) is 0 Å². The van der Waals surface area contributed by atoms with Gasteiger partial charge in [-0.3, -0.25) is 0 Å². The fraction of sp³-hybridized carbons (Fsp3) is 0.0667. The second-order valence-corrected chi connectivity index (χ2v) is 4.70. The molecule has 0 bridgehead atoms. The molecule has 0 fully saturated rings. The molecule has 4 rings (SSSR count). The Morgan fingerprint density at radius 3 is 2.52 bits per heavy atom. The molecular weight excluding hydrogens is 264 g/mol. The molecule has 0 saturated carbocycles. The van der Waals surface area contributed by atoms with Crippen molar-refractivity contribution in [2.24, 2.45) is 0 Å². The lowest BCUT2D eigenvalue weighted by molar-refractivity contribution is 0.493. The molecule has 0 atom stereocenters. The number of para-hydroxylation sites is 1. The summed E-state index contributed by atoms with van der Waals surface area (Å²) in [6.07, 6.45) is 1.76. The Kier molecular flexibility index (Phi) is 2.71. The van der Waals surface area contributed by atoms with E-state index in [9.17, 15) is 0 Å². The van der Waals surface area contributed by atoms with Crippen LogP contribution in [-0.4, -0.2) is 30.0 Å². The zero-order valence-electron chi connectivity index (χ0n) is 11.2. The van der Waals surface area contributed by atoms with Crippen LogP contribution in [0.3, 0.4) is 0 Å². The third-order valence-electron chi connectivity index (χ3n) is 3.38. The van der Waals surface area contributed by atoms with Crippen LogP contribution in [0.4, 0.5) is 0 Å². The van der Waals surface area contributed by atoms with E-state index >= 15 is 0 Å². The van der Waals surface area contributed by atoms with E-state index in [-0.39, 0.29) is 0 Å². The van der Waals surface area contributed by atoms with Gasteiger partial charge in [-0.25, -0.2) is 9.36 Å². The molecule has 2 aromatic heterocycles. The summed E-state index contributed by atoms with van der Waals surface area (Å²) in [5.74, 6) is 0. The molecule has 0 aliphatic rings. The molecule has 0 saturated heterocycles. The Morgan fingerprint density at radius 2 is 1.62 bits per heavy atom. The minimum absolute atomic E-state index is 0.477. The van der Waals surface area contributed by atoms with E-state index < -0.39 is 0 Å². The summed E-state index contributed by atoms with van der Waals surface area (Å²) in [5.41, 5.74) is 3.88. The Balaban J connectivity index is 1.74. The first-order valence-electron chi connectivity index (χ1n) is 6.64. The molecule has 21 heavy (non-hydrogen) atoms. The quantitative estimate of drug-likeness (QED) is 0.575. The maximum Gasteiger partial charge on any atom is 0.138 e. The van der Waals surface area contributed by atoms with Gasteiger partial charge in [0.2, 0.25) is 0 Å². The van der Waals surface area contributed by atoms with E-state index in [0.717, 1.165) is 22.3 Å². The predicted octanol–water partition coefficient (Wildman–Crippen LogP) is 2.20. The number of hydrogen-bond acceptors (Lipinski definition) is 4. The maximum atomic E-state index is 4.18. The van der Waals surface area contributed by atoms with Crippen LogP contribution in [0.15, 0.2) is 60.8 Å². The van der Waals surface area contributed by atoms with Crippen LogP contribution in [0.25, 0.3) is 22.3 Å². The lowest BCUT2D eigenvalue weighted by atomic mass is 10.2. The van der Waals surface area contributed by atoms with Crippen LogP contribution in [0.2, 0.25) is 0 Å². The third-order valence-corrected chi connectivity index (χ3v) is 3.38. The van der Waals surface area contributed by atoms with Gasteiger partial charge < -0.3 is 0 Å². The van der Waals surface area contributed by atoms with Gasteiger partial charge in [0.05, 0.1) is 17.4 Å². The second-order valence-electron chi connectivity index (χ2n) is 4.70. The van der Waals surface area contributed by atoms with E-state index in [1.165, 1.54) is 0 Å². The van der Waals surface area contributed by atoms with Gasteiger partial charge in [-0.05, 0) is 12.1 Å². The van der Waals surface area contributed by atoms with Crippen molar-refractivity contribution in [2.75, 3.05) is 0 Å². The molecule has 2 heterocycles. The van der Waals surface area contributed by atoms with Crippen LogP contribution < -0.4 is 0 Å². The van der Waals surface area contributed by atoms with Crippen LogP contribution in [0.1, 0.15) is 0 Å². The number of nitrogens with zero attached hydrogens (tertiary/aromatic N) is 6. The standard InChI is InChI=1S/C15H12N6/c1-2-6-12(7-3-1)15-10-16-18-21(15)11-20-14-9-5-4-8-13(14)17-19-20/h1-10H,11H2. The van der Waals surface area contributed by atoms with E-state index in [1.54, 1.807) is 6.20 Å². The van der Waals surface area contributed by atoms with Crippen molar-refractivity contribution in [3.05, 3.63) is 60.8 Å². The minimum Gasteiger partial charge on any atom is -0.223 e. The molecule has 2 aromatic carbocycles. The van der Waals surface area contributed by atoms with Gasteiger partial charge in [0, 0.05) is 5.56 Å². The number of aromatic nitrogens is 6. The van der Waals surface area contributed by atoms with Crippen molar-refractivity contribution < 1.29 is 0 Å². The molecular formula is C15H12N6. The zero-order valence-corrected chi connectivity index (χ0v) is 11.2. The van der Waals surface area contributed by atoms with E-state index in [2.05, 4.69) is 20.6 Å². The Bertz CT molecular complexity index is 877. The molecule has 0 N–H and O–H groups in total. The summed E-state index contributed by atoms with van der Waals surface area (Å²) in [5, 5.41) is 16.5. The first-order chi connectivity index (χ1) is 10.4. The first-order valence-corrected chi connectivity index (χ1v) is 6.64. The topological polar surface area (TPSA) is 61.4 Å². The van der Waals surface area contributed by atoms with E-state index in [0.29, 0.717) is 6.67 Å². The highest BCUT2D eigenvalue weighted by atomic mass is 15.5. The van der Waals surface area contributed by atoms with Crippen LogP contribution in [-0.2, 0) is 6.67 Å². The van der Waals surface area contributed by atoms with Crippen molar-refractivity contribution in [1.82, 2.24) is 30.0 Å². The monoisotopic (exact) mass is 276 g/mol. The summed E-state index contributed by atoms with van der Waals surface area (Å²) in [6, 6.07) is 17.9. The second kappa shape index (κ2) is 4.82. The highest BCUT2D eigenvalue weighted by Crippen LogP contribution is 2.18. The van der Waals surface area contributed by atoms with Gasteiger partial charge in [0.1, 0.15) is 12.2 Å². The number of benzene rings is 2. The van der Waals surface area contributed by atoms with Gasteiger partial charge in [-0.15, -0.1) is 10.2 Å². The molecule has 0 unspecified atom stereocenters. The molecule has 0 spiro atoms. The summed E-state index contributed by atoms with van der Waals surface area (Å²) in [4.78, 5) is 0. The molecule has 6 nitrogen and oxygen atoms in total. The number of hydrogen-bond donors (Lipinski definition) is 0. The SMILES string of the molecule is c1ccc(-c2cnnn2Cn2nnc3ccccc32)cc1. The fourth-order valence-corrected chi connectivity index (χ4v) is 2.34. The minimum atomic E-state index is 0.477. The van der Waals surface area contributed by atoms with Crippen molar-refractivity contribution in [1.29, 1.82) is 0 Å². The predicted molar refractivity (Wildman–Crippen MR) is 78.4 cm³/mol. The van der Waals surface area contributed by atoms with Gasteiger partial charge in [-0.1, -0.05) is 52.9 Å². The average molecular weight is 276 g/mol. The highest BCUT2D eigenvalue weighted by Gasteiger charge is 2.09. The first kappa shape index (κ1) is 11.8. The van der Waals surface area contributed by atoms with E-state index in [1.807, 2.05) is 64.0 Å². The summed E-state index contributed by atoms with van der Waals surface area (Å²) in [6.45, 7) is 0.477. The van der Waals surface area contributed by atoms with Crippen molar-refractivity contribution in [2.45, 2.75) is 6.67 Å². The number of fused-ring (bicyclic) bond motifs is 1. The highest BCUT2D eigenvalue weighted by molar-refractivity contribution is 5.73. The average Bonchev–Trinajstić information content (AvgIpc) is 3.16. The van der Waals surface area contributed by atoms with Crippen molar-refractivity contribution in [3.63, 3.8) is 0 Å². The molecule has 0 aliphatic heterocycles. The Labute approximate surface area is 120 Å². The Hall–Kier alpha value is -3.02. The fourth-order valence-electron chi connectivity index (χ4n) is 2.34. The van der Waals surface area contributed by atoms with Crippen LogP contribution >= 0.6 is 0 Å². The van der Waals surface area contributed by atoms with Crippen molar-refractivity contribution in [3.8, 4) is 11.3 Å². The smallest absolute Gasteiger partial charge is 0.138 e. The maximum absolute atomic E-state index is 4.18. The van der Waals surface area contributed by atoms with E-state index in [4.69, 9.17) is 0 Å². The molecule has 0 aliphatic carbocycles. The summed E-state index contributed by atoms with van der Waals surface area (Å²) < 4.78 is 3.63. The van der Waals surface area contributed by atoms with Gasteiger partial charge in [0.25, 0.3) is 0 Å². The molecule has 4 aromatic rings. The van der Waals surface area contributed by atoms with Crippen LogP contribution in [0.5, 0.6) is 0 Å². The summed E-state index contributed by atoms with van der Waals surface area (Å²) in [7, 11) is 0. The molecule has 0 amide bonds. The zero-order chi connectivity index (χ0) is 14.1. The van der Waals surface area contributed by atoms with Gasteiger partial charge >= 0.3 is 0 Å². The lowest BCUT2D eigenvalue weighted by Crippen LogP contribution is -2.12. The van der Waals surface area contributed by atoms with Crippen LogP contribution in [0, 0.1) is 0 Å². The largest absolute Gasteiger partial charge is 0.223 e.